The van der Waals surface area contributed by atoms with Crippen LogP contribution in [0.4, 0.5) is 0 Å². The minimum Gasteiger partial charge on any atom is -0.479 e. The molecule has 4 heteroatoms. The summed E-state index contributed by atoms with van der Waals surface area (Å²) in [7, 11) is 0. The second-order valence-corrected chi connectivity index (χ2v) is 4.58. The van der Waals surface area contributed by atoms with Crippen molar-refractivity contribution in [3.05, 3.63) is 30.5 Å². The van der Waals surface area contributed by atoms with Crippen LogP contribution in [0.1, 0.15) is 6.92 Å². The van der Waals surface area contributed by atoms with E-state index in [0.29, 0.717) is 11.0 Å². The van der Waals surface area contributed by atoms with Crippen LogP contribution in [0.2, 0.25) is 0 Å². The second-order valence-electron chi connectivity index (χ2n) is 2.91. The summed E-state index contributed by atoms with van der Waals surface area (Å²) < 4.78 is 11.1. The molecular formula is C11H10O2S2. The summed E-state index contributed by atoms with van der Waals surface area (Å²) in [5.41, 5.74) is 0.874. The fourth-order valence-electron chi connectivity index (χ4n) is 1.24. The average Bonchev–Trinajstić information content (AvgIpc) is 2.65. The van der Waals surface area contributed by atoms with Crippen molar-refractivity contribution >= 4 is 39.3 Å². The van der Waals surface area contributed by atoms with Crippen LogP contribution < -0.4 is 0 Å². The summed E-state index contributed by atoms with van der Waals surface area (Å²) in [4.78, 5) is 1.04. The topological polar surface area (TPSA) is 22.4 Å². The molecule has 0 aliphatic heterocycles. The van der Waals surface area contributed by atoms with E-state index in [1.54, 1.807) is 6.26 Å². The van der Waals surface area contributed by atoms with Crippen LogP contribution in [0.25, 0.3) is 11.0 Å². The monoisotopic (exact) mass is 238 g/mol. The van der Waals surface area contributed by atoms with Crippen molar-refractivity contribution in [3.63, 3.8) is 0 Å². The molecule has 78 valence electrons. The Morgan fingerprint density at radius 2 is 2.33 bits per heavy atom. The van der Waals surface area contributed by atoms with Crippen molar-refractivity contribution in [1.82, 2.24) is 0 Å². The minimum atomic E-state index is 0.545. The molecule has 1 aromatic carbocycles. The Morgan fingerprint density at radius 1 is 1.47 bits per heavy atom. The number of hydrogen-bond acceptors (Lipinski definition) is 4. The van der Waals surface area contributed by atoms with Gasteiger partial charge in [0.05, 0.1) is 12.9 Å². The quantitative estimate of drug-likeness (QED) is 0.585. The van der Waals surface area contributed by atoms with E-state index >= 15 is 0 Å². The zero-order valence-electron chi connectivity index (χ0n) is 8.23. The Kier molecular flexibility index (Phi) is 3.28. The van der Waals surface area contributed by atoms with E-state index < -0.39 is 0 Å². The molecule has 0 aliphatic carbocycles. The minimum absolute atomic E-state index is 0.545. The van der Waals surface area contributed by atoms with Crippen molar-refractivity contribution in [3.8, 4) is 0 Å². The van der Waals surface area contributed by atoms with Gasteiger partial charge in [0.2, 0.25) is 4.38 Å². The van der Waals surface area contributed by atoms with Gasteiger partial charge in [-0.05, 0) is 55.2 Å². The zero-order valence-corrected chi connectivity index (χ0v) is 9.86. The average molecular weight is 238 g/mol. The lowest BCUT2D eigenvalue weighted by molar-refractivity contribution is 0.346. The van der Waals surface area contributed by atoms with Gasteiger partial charge in [0.25, 0.3) is 0 Å². The molecule has 0 N–H and O–H groups in total. The van der Waals surface area contributed by atoms with Gasteiger partial charge in [-0.2, -0.15) is 0 Å². The largest absolute Gasteiger partial charge is 0.479 e. The van der Waals surface area contributed by atoms with E-state index in [4.69, 9.17) is 21.4 Å². The molecule has 0 fully saturated rings. The van der Waals surface area contributed by atoms with Crippen molar-refractivity contribution in [2.75, 3.05) is 6.61 Å². The van der Waals surface area contributed by atoms with Crippen molar-refractivity contribution in [2.45, 2.75) is 11.8 Å². The molecule has 0 saturated carbocycles. The van der Waals surface area contributed by atoms with Gasteiger partial charge in [0.1, 0.15) is 5.58 Å². The third-order valence-corrected chi connectivity index (χ3v) is 3.03. The van der Waals surface area contributed by atoms with Gasteiger partial charge < -0.3 is 9.15 Å². The third-order valence-electron chi connectivity index (χ3n) is 1.89. The summed E-state index contributed by atoms with van der Waals surface area (Å²) >= 11 is 6.48. The highest BCUT2D eigenvalue weighted by atomic mass is 32.2. The molecule has 2 nitrogen and oxygen atoms in total. The molecule has 1 aromatic heterocycles. The molecule has 2 aromatic rings. The molecule has 0 spiro atoms. The van der Waals surface area contributed by atoms with Gasteiger partial charge in [-0.15, -0.1) is 0 Å². The smallest absolute Gasteiger partial charge is 0.224 e. The lowest BCUT2D eigenvalue weighted by atomic mass is 10.3. The Balaban J connectivity index is 2.17. The molecule has 0 atom stereocenters. The fraction of sp³-hybridized carbons (Fsp3) is 0.182. The molecule has 0 saturated heterocycles. The Morgan fingerprint density at radius 3 is 3.13 bits per heavy atom. The summed E-state index contributed by atoms with van der Waals surface area (Å²) in [5, 5.41) is 1.10. The molecule has 0 radical (unpaired) electrons. The first-order valence-corrected chi connectivity index (χ1v) is 5.84. The van der Waals surface area contributed by atoms with Gasteiger partial charge in [-0.1, -0.05) is 0 Å². The van der Waals surface area contributed by atoms with E-state index in [9.17, 15) is 0 Å². The van der Waals surface area contributed by atoms with Crippen LogP contribution in [0, 0.1) is 0 Å². The highest BCUT2D eigenvalue weighted by Crippen LogP contribution is 2.25. The number of ether oxygens (including phenoxy) is 1. The van der Waals surface area contributed by atoms with Crippen LogP contribution in [-0.4, -0.2) is 11.0 Å². The maximum absolute atomic E-state index is 5.30. The molecule has 0 aliphatic rings. The number of furan rings is 1. The van der Waals surface area contributed by atoms with Crippen LogP contribution in [0.5, 0.6) is 0 Å². The maximum atomic E-state index is 5.30. The zero-order chi connectivity index (χ0) is 10.7. The maximum Gasteiger partial charge on any atom is 0.224 e. The fourth-order valence-corrected chi connectivity index (χ4v) is 2.32. The molecular weight excluding hydrogens is 228 g/mol. The number of rotatable bonds is 2. The number of benzene rings is 1. The van der Waals surface area contributed by atoms with Crippen LogP contribution >= 0.6 is 24.0 Å². The first-order chi connectivity index (χ1) is 7.29. The summed E-state index contributed by atoms with van der Waals surface area (Å²) in [6.45, 7) is 2.53. The molecule has 0 unspecified atom stereocenters. The highest BCUT2D eigenvalue weighted by molar-refractivity contribution is 8.22. The Bertz CT molecular complexity index is 476. The SMILES string of the molecule is CCOC(=S)Sc1ccc2ccoc2c1. The summed E-state index contributed by atoms with van der Waals surface area (Å²) in [5.74, 6) is 0. The standard InChI is InChI=1S/C11H10O2S2/c1-2-12-11(14)15-9-4-3-8-5-6-13-10(8)7-9/h3-7H,2H2,1H3. The number of hydrogen-bond donors (Lipinski definition) is 0. The first-order valence-electron chi connectivity index (χ1n) is 4.61. The van der Waals surface area contributed by atoms with Gasteiger partial charge in [-0.25, -0.2) is 0 Å². The lowest BCUT2D eigenvalue weighted by Gasteiger charge is -2.03. The van der Waals surface area contributed by atoms with E-state index in [-0.39, 0.29) is 0 Å². The summed E-state index contributed by atoms with van der Waals surface area (Å²) in [6, 6.07) is 7.92. The first kappa shape index (κ1) is 10.5. The molecule has 1 heterocycles. The normalized spacial score (nSPS) is 10.5. The lowest BCUT2D eigenvalue weighted by Crippen LogP contribution is -1.94. The Labute approximate surface area is 97.6 Å². The van der Waals surface area contributed by atoms with E-state index in [2.05, 4.69) is 0 Å². The van der Waals surface area contributed by atoms with Crippen LogP contribution in [0.15, 0.2) is 39.8 Å². The highest BCUT2D eigenvalue weighted by Gasteiger charge is 2.03. The van der Waals surface area contributed by atoms with Gasteiger partial charge in [0, 0.05) is 10.3 Å². The van der Waals surface area contributed by atoms with E-state index in [1.807, 2.05) is 31.2 Å². The predicted octanol–water partition coefficient (Wildman–Crippen LogP) is 3.85. The third kappa shape index (κ3) is 2.52. The van der Waals surface area contributed by atoms with Crippen molar-refractivity contribution in [2.24, 2.45) is 0 Å². The van der Waals surface area contributed by atoms with E-state index in [0.717, 1.165) is 15.9 Å². The van der Waals surface area contributed by atoms with Crippen molar-refractivity contribution in [1.29, 1.82) is 0 Å². The molecule has 0 amide bonds. The number of thiocarbonyl (C=S) groups is 1. The molecule has 0 bridgehead atoms. The Hall–Kier alpha value is -1.00. The molecule has 2 rings (SSSR count). The summed E-state index contributed by atoms with van der Waals surface area (Å²) in [6.07, 6.45) is 1.68. The molecule has 15 heavy (non-hydrogen) atoms. The predicted molar refractivity (Wildman–Crippen MR) is 66.3 cm³/mol. The van der Waals surface area contributed by atoms with Gasteiger partial charge >= 0.3 is 0 Å². The number of thioether (sulfide) groups is 1. The van der Waals surface area contributed by atoms with Gasteiger partial charge in [-0.3, -0.25) is 0 Å². The van der Waals surface area contributed by atoms with E-state index in [1.165, 1.54) is 11.8 Å². The van der Waals surface area contributed by atoms with Crippen molar-refractivity contribution < 1.29 is 9.15 Å². The van der Waals surface area contributed by atoms with Gasteiger partial charge in [0.15, 0.2) is 0 Å². The van der Waals surface area contributed by atoms with Crippen LogP contribution in [-0.2, 0) is 4.74 Å². The number of fused-ring (bicyclic) bond motifs is 1. The van der Waals surface area contributed by atoms with Crippen LogP contribution in [0.3, 0.4) is 0 Å². The second kappa shape index (κ2) is 4.68.